The van der Waals surface area contributed by atoms with Gasteiger partial charge in [0.15, 0.2) is 11.1 Å². The summed E-state index contributed by atoms with van der Waals surface area (Å²) < 4.78 is 11.0. The Kier molecular flexibility index (Phi) is 15.5. The molecule has 0 spiro atoms. The van der Waals surface area contributed by atoms with Crippen LogP contribution in [0.25, 0.3) is 0 Å². The first kappa shape index (κ1) is 26.4. The van der Waals surface area contributed by atoms with Crippen LogP contribution in [0.15, 0.2) is 10.4 Å². The van der Waals surface area contributed by atoms with Gasteiger partial charge in [-0.05, 0) is 26.2 Å². The number of guanidine groups is 1. The SMILES string of the molecule is CCCCOCCOCCN=C(NCC)NCCc1csc(N2CCCC2)n1.I. The fourth-order valence-corrected chi connectivity index (χ4v) is 3.82. The predicted molar refractivity (Wildman–Crippen MR) is 133 cm³/mol. The highest BCUT2D eigenvalue weighted by molar-refractivity contribution is 14.0. The molecule has 1 saturated heterocycles. The highest BCUT2D eigenvalue weighted by Crippen LogP contribution is 2.24. The number of anilines is 1. The van der Waals surface area contributed by atoms with Crippen molar-refractivity contribution in [3.8, 4) is 0 Å². The number of nitrogens with zero attached hydrogens (tertiary/aromatic N) is 3. The van der Waals surface area contributed by atoms with Crippen molar-refractivity contribution in [1.29, 1.82) is 0 Å². The second-order valence-electron chi connectivity index (χ2n) is 6.83. The van der Waals surface area contributed by atoms with Crippen molar-refractivity contribution in [2.45, 2.75) is 46.0 Å². The number of aliphatic imine (C=N–C) groups is 1. The Hall–Kier alpha value is -0.650. The van der Waals surface area contributed by atoms with E-state index in [0.29, 0.717) is 26.4 Å². The van der Waals surface area contributed by atoms with Crippen LogP contribution in [0.4, 0.5) is 5.13 Å². The van der Waals surface area contributed by atoms with Crippen LogP contribution in [-0.2, 0) is 15.9 Å². The van der Waals surface area contributed by atoms with Gasteiger partial charge in [0.25, 0.3) is 0 Å². The predicted octanol–water partition coefficient (Wildman–Crippen LogP) is 3.29. The van der Waals surface area contributed by atoms with Crippen LogP contribution in [0.1, 0.15) is 45.2 Å². The van der Waals surface area contributed by atoms with Crippen LogP contribution in [0.3, 0.4) is 0 Å². The first-order valence-electron chi connectivity index (χ1n) is 10.7. The van der Waals surface area contributed by atoms with E-state index in [2.05, 4.69) is 39.8 Å². The number of halogens is 1. The van der Waals surface area contributed by atoms with E-state index >= 15 is 0 Å². The molecule has 1 aliphatic rings. The summed E-state index contributed by atoms with van der Waals surface area (Å²) in [6.07, 6.45) is 5.75. The van der Waals surface area contributed by atoms with Gasteiger partial charge >= 0.3 is 0 Å². The first-order chi connectivity index (χ1) is 13.8. The van der Waals surface area contributed by atoms with Crippen LogP contribution in [0, 0.1) is 0 Å². The minimum Gasteiger partial charge on any atom is -0.379 e. The normalized spacial score (nSPS) is 14.1. The molecule has 168 valence electrons. The largest absolute Gasteiger partial charge is 0.379 e. The summed E-state index contributed by atoms with van der Waals surface area (Å²) in [4.78, 5) is 11.7. The summed E-state index contributed by atoms with van der Waals surface area (Å²) in [5.41, 5.74) is 1.15. The summed E-state index contributed by atoms with van der Waals surface area (Å²) in [5.74, 6) is 0.834. The molecule has 0 saturated carbocycles. The van der Waals surface area contributed by atoms with Crippen molar-refractivity contribution >= 4 is 46.4 Å². The van der Waals surface area contributed by atoms with Crippen molar-refractivity contribution < 1.29 is 9.47 Å². The van der Waals surface area contributed by atoms with Gasteiger partial charge in [-0.3, -0.25) is 4.99 Å². The van der Waals surface area contributed by atoms with Crippen LogP contribution in [-0.4, -0.2) is 70.1 Å². The number of hydrogen-bond donors (Lipinski definition) is 2. The fraction of sp³-hybridized carbons (Fsp3) is 0.800. The quantitative estimate of drug-likeness (QED) is 0.164. The molecule has 0 aliphatic carbocycles. The molecule has 0 atom stereocenters. The molecular formula is C20H38IN5O2S. The van der Waals surface area contributed by atoms with Crippen LogP contribution >= 0.6 is 35.3 Å². The number of unbranched alkanes of at least 4 members (excludes halogenated alkanes) is 1. The van der Waals surface area contributed by atoms with Gasteiger partial charge in [-0.1, -0.05) is 13.3 Å². The van der Waals surface area contributed by atoms with Gasteiger partial charge in [0.2, 0.25) is 0 Å². The number of thiazole rings is 1. The monoisotopic (exact) mass is 539 g/mol. The van der Waals surface area contributed by atoms with E-state index in [9.17, 15) is 0 Å². The Morgan fingerprint density at radius 2 is 1.90 bits per heavy atom. The lowest BCUT2D eigenvalue weighted by Crippen LogP contribution is -2.38. The van der Waals surface area contributed by atoms with E-state index in [1.807, 2.05) is 0 Å². The van der Waals surface area contributed by atoms with Gasteiger partial charge in [0.05, 0.1) is 32.1 Å². The molecule has 0 amide bonds. The van der Waals surface area contributed by atoms with Crippen molar-refractivity contribution in [3.05, 3.63) is 11.1 Å². The Balaban J connectivity index is 0.00000420. The summed E-state index contributed by atoms with van der Waals surface area (Å²) in [7, 11) is 0. The molecule has 0 radical (unpaired) electrons. The van der Waals surface area contributed by atoms with Crippen molar-refractivity contribution in [1.82, 2.24) is 15.6 Å². The van der Waals surface area contributed by atoms with E-state index < -0.39 is 0 Å². The van der Waals surface area contributed by atoms with Gasteiger partial charge in [0, 0.05) is 44.6 Å². The summed E-state index contributed by atoms with van der Waals surface area (Å²) in [5, 5.41) is 10.0. The van der Waals surface area contributed by atoms with Gasteiger partial charge in [0.1, 0.15) is 0 Å². The number of hydrogen-bond acceptors (Lipinski definition) is 6. The number of ether oxygens (including phenoxy) is 2. The molecule has 2 heterocycles. The average molecular weight is 540 g/mol. The summed E-state index contributed by atoms with van der Waals surface area (Å²) in [6, 6.07) is 0. The Morgan fingerprint density at radius 3 is 2.62 bits per heavy atom. The van der Waals surface area contributed by atoms with E-state index in [1.165, 1.54) is 18.0 Å². The van der Waals surface area contributed by atoms with Crippen molar-refractivity contribution in [3.63, 3.8) is 0 Å². The lowest BCUT2D eigenvalue weighted by molar-refractivity contribution is 0.0497. The molecule has 9 heteroatoms. The second kappa shape index (κ2) is 17.1. The molecule has 0 bridgehead atoms. The standard InChI is InChI=1S/C20H37N5O2S.HI/c1-3-5-13-26-15-16-27-14-10-23-19(21-4-2)22-9-8-18-17-28-20(24-18)25-11-6-7-12-25;/h17H,3-16H2,1-2H3,(H2,21,22,23);1H. The molecule has 1 aromatic rings. The zero-order valence-electron chi connectivity index (χ0n) is 18.0. The highest BCUT2D eigenvalue weighted by atomic mass is 127. The maximum Gasteiger partial charge on any atom is 0.191 e. The Morgan fingerprint density at radius 1 is 1.14 bits per heavy atom. The third-order valence-corrected chi connectivity index (χ3v) is 5.40. The summed E-state index contributed by atoms with van der Waals surface area (Å²) >= 11 is 1.76. The van der Waals surface area contributed by atoms with Crippen molar-refractivity contribution in [2.24, 2.45) is 4.99 Å². The van der Waals surface area contributed by atoms with E-state index in [1.54, 1.807) is 11.3 Å². The van der Waals surface area contributed by atoms with Crippen molar-refractivity contribution in [2.75, 3.05) is 64.1 Å². The van der Waals surface area contributed by atoms with Crippen LogP contribution in [0.5, 0.6) is 0 Å². The number of aromatic nitrogens is 1. The molecule has 0 unspecified atom stereocenters. The topological polar surface area (TPSA) is 71.0 Å². The third-order valence-electron chi connectivity index (χ3n) is 4.45. The Bertz CT molecular complexity index is 553. The fourth-order valence-electron chi connectivity index (χ4n) is 2.91. The Labute approximate surface area is 197 Å². The maximum absolute atomic E-state index is 5.57. The average Bonchev–Trinajstić information content (AvgIpc) is 3.38. The molecule has 7 nitrogen and oxygen atoms in total. The minimum absolute atomic E-state index is 0. The summed E-state index contributed by atoms with van der Waals surface area (Å²) in [6.45, 7) is 11.6. The first-order valence-corrected chi connectivity index (χ1v) is 11.6. The van der Waals surface area contributed by atoms with Gasteiger partial charge < -0.3 is 25.0 Å². The molecular weight excluding hydrogens is 501 g/mol. The van der Waals surface area contributed by atoms with E-state index in [4.69, 9.17) is 14.5 Å². The zero-order valence-corrected chi connectivity index (χ0v) is 21.1. The smallest absolute Gasteiger partial charge is 0.191 e. The third kappa shape index (κ3) is 11.4. The lowest BCUT2D eigenvalue weighted by Gasteiger charge is -2.12. The van der Waals surface area contributed by atoms with Gasteiger partial charge in [-0.15, -0.1) is 35.3 Å². The second-order valence-corrected chi connectivity index (χ2v) is 7.67. The molecule has 2 rings (SSSR count). The van der Waals surface area contributed by atoms with E-state index in [-0.39, 0.29) is 24.0 Å². The molecule has 1 fully saturated rings. The number of rotatable bonds is 14. The van der Waals surface area contributed by atoms with Crippen LogP contribution < -0.4 is 15.5 Å². The lowest BCUT2D eigenvalue weighted by atomic mass is 10.3. The van der Waals surface area contributed by atoms with Gasteiger partial charge in [-0.25, -0.2) is 4.98 Å². The van der Waals surface area contributed by atoms with Crippen LogP contribution in [0.2, 0.25) is 0 Å². The zero-order chi connectivity index (χ0) is 19.9. The maximum atomic E-state index is 5.57. The highest BCUT2D eigenvalue weighted by Gasteiger charge is 2.15. The molecule has 1 aliphatic heterocycles. The molecule has 0 aromatic carbocycles. The van der Waals surface area contributed by atoms with E-state index in [0.717, 1.165) is 63.7 Å². The molecule has 2 N–H and O–H groups in total. The minimum atomic E-state index is 0. The number of nitrogens with one attached hydrogen (secondary N) is 2. The molecule has 1 aromatic heterocycles. The molecule has 29 heavy (non-hydrogen) atoms. The van der Waals surface area contributed by atoms with Gasteiger partial charge in [-0.2, -0.15) is 0 Å².